The van der Waals surface area contributed by atoms with E-state index in [0.29, 0.717) is 11.4 Å². The van der Waals surface area contributed by atoms with Crippen molar-refractivity contribution >= 4 is 46.6 Å². The van der Waals surface area contributed by atoms with Gasteiger partial charge in [-0.3, -0.25) is 19.4 Å². The lowest BCUT2D eigenvalue weighted by atomic mass is 10.1. The maximum Gasteiger partial charge on any atom is 0.342 e. The smallest absolute Gasteiger partial charge is 0.342 e. The van der Waals surface area contributed by atoms with Gasteiger partial charge in [0.25, 0.3) is 11.5 Å². The summed E-state index contributed by atoms with van der Waals surface area (Å²) in [6.07, 6.45) is -0.862. The number of rotatable bonds is 10. The summed E-state index contributed by atoms with van der Waals surface area (Å²) in [4.78, 5) is 73.3. The first-order chi connectivity index (χ1) is 17.5. The van der Waals surface area contributed by atoms with Gasteiger partial charge in [0.1, 0.15) is 12.1 Å². The second-order valence-corrected chi connectivity index (χ2v) is 7.79. The van der Waals surface area contributed by atoms with Gasteiger partial charge in [0.05, 0.1) is 18.4 Å². The highest BCUT2D eigenvalue weighted by molar-refractivity contribution is 5.97. The van der Waals surface area contributed by atoms with E-state index in [1.807, 2.05) is 0 Å². The number of benzene rings is 1. The third kappa shape index (κ3) is 7.28. The number of aliphatic hydroxyl groups excluding tert-OH is 1. The molecule has 0 spiro atoms. The van der Waals surface area contributed by atoms with Crippen molar-refractivity contribution in [3.05, 3.63) is 52.1 Å². The number of amides is 1. The third-order valence-corrected chi connectivity index (χ3v) is 4.90. The van der Waals surface area contributed by atoms with Crippen molar-refractivity contribution in [3.8, 4) is 0 Å². The molecule has 15 nitrogen and oxygen atoms in total. The number of anilines is 2. The summed E-state index contributed by atoms with van der Waals surface area (Å²) in [5.74, 6) is -4.32. The number of nitrogens with two attached hydrogens (primary N) is 1. The number of aromatic amines is 1. The molecule has 194 valence electrons. The first-order valence-corrected chi connectivity index (χ1v) is 10.8. The maximum atomic E-state index is 12.5. The van der Waals surface area contributed by atoms with Crippen LogP contribution in [0.5, 0.6) is 0 Å². The van der Waals surface area contributed by atoms with Gasteiger partial charge in [-0.2, -0.15) is 4.98 Å². The average molecular weight is 513 g/mol. The number of nitrogens with zero attached hydrogens (tertiary/aromatic N) is 3. The van der Waals surface area contributed by atoms with Crippen LogP contribution >= 0.6 is 0 Å². The van der Waals surface area contributed by atoms with Crippen molar-refractivity contribution in [3.63, 3.8) is 0 Å². The van der Waals surface area contributed by atoms with E-state index in [9.17, 15) is 29.1 Å². The summed E-state index contributed by atoms with van der Waals surface area (Å²) in [5.41, 5.74) is 6.32. The molecule has 0 aliphatic heterocycles. The molecule has 15 heteroatoms. The number of esters is 2. The van der Waals surface area contributed by atoms with Crippen LogP contribution in [0.4, 0.5) is 11.6 Å². The molecule has 0 bridgehead atoms. The average Bonchev–Trinajstić information content (AvgIpc) is 2.85. The number of carboxylic acid groups (broad SMARTS) is 1. The molecule has 0 fully saturated rings. The number of carbonyl (C=O) groups is 4. The van der Waals surface area contributed by atoms with Gasteiger partial charge >= 0.3 is 17.9 Å². The lowest BCUT2D eigenvalue weighted by molar-refractivity contribution is -0.165. The topological polar surface area (TPSA) is 240 Å². The summed E-state index contributed by atoms with van der Waals surface area (Å²) in [6, 6.07) is 4.64. The zero-order chi connectivity index (χ0) is 27.1. The SMILES string of the molecule is CC(O)C(=O)OC(=O)CC[C@H](NC(=O)c1ccc(NCc2cnc3nc(N)[nH]c(=O)c3n2)cc1)C(=O)O. The number of aliphatic carboxylic acids is 1. The third-order valence-electron chi connectivity index (χ3n) is 4.90. The van der Waals surface area contributed by atoms with Gasteiger partial charge in [-0.1, -0.05) is 0 Å². The molecular weight excluding hydrogens is 490 g/mol. The van der Waals surface area contributed by atoms with E-state index in [2.05, 4.69) is 35.3 Å². The van der Waals surface area contributed by atoms with Crippen molar-refractivity contribution in [1.82, 2.24) is 25.3 Å². The Morgan fingerprint density at radius 2 is 1.86 bits per heavy atom. The van der Waals surface area contributed by atoms with Crippen molar-refractivity contribution in [2.24, 2.45) is 0 Å². The van der Waals surface area contributed by atoms with Gasteiger partial charge in [0.2, 0.25) is 5.95 Å². The van der Waals surface area contributed by atoms with Crippen LogP contribution in [0.15, 0.2) is 35.3 Å². The maximum absolute atomic E-state index is 12.5. The Morgan fingerprint density at radius 1 is 1.16 bits per heavy atom. The molecule has 2 aromatic heterocycles. The normalized spacial score (nSPS) is 12.4. The Kier molecular flexibility index (Phi) is 8.42. The number of aliphatic hydroxyl groups is 1. The van der Waals surface area contributed by atoms with Crippen LogP contribution in [0.1, 0.15) is 35.8 Å². The summed E-state index contributed by atoms with van der Waals surface area (Å²) < 4.78 is 4.36. The predicted octanol–water partition coefficient (Wildman–Crippen LogP) is -0.679. The van der Waals surface area contributed by atoms with Gasteiger partial charge in [-0.05, 0) is 37.6 Å². The zero-order valence-corrected chi connectivity index (χ0v) is 19.4. The van der Waals surface area contributed by atoms with E-state index in [1.54, 1.807) is 12.1 Å². The Bertz CT molecular complexity index is 1390. The highest BCUT2D eigenvalue weighted by Crippen LogP contribution is 2.12. The van der Waals surface area contributed by atoms with E-state index in [0.717, 1.165) is 6.92 Å². The van der Waals surface area contributed by atoms with Crippen LogP contribution in [-0.2, 0) is 25.7 Å². The number of H-pyrrole nitrogens is 1. The van der Waals surface area contributed by atoms with Crippen molar-refractivity contribution in [1.29, 1.82) is 0 Å². The summed E-state index contributed by atoms with van der Waals surface area (Å²) in [6.45, 7) is 1.32. The first kappa shape index (κ1) is 26.7. The van der Waals surface area contributed by atoms with Gasteiger partial charge in [-0.25, -0.2) is 19.6 Å². The summed E-state index contributed by atoms with van der Waals surface area (Å²) >= 11 is 0. The van der Waals surface area contributed by atoms with Crippen LogP contribution < -0.4 is 21.9 Å². The fourth-order valence-corrected chi connectivity index (χ4v) is 3.00. The van der Waals surface area contributed by atoms with Crippen LogP contribution in [0.25, 0.3) is 11.2 Å². The van der Waals surface area contributed by atoms with Gasteiger partial charge < -0.3 is 31.3 Å². The molecular formula is C22H23N7O8. The van der Waals surface area contributed by atoms with E-state index < -0.39 is 47.9 Å². The minimum absolute atomic E-state index is 0.0383. The van der Waals surface area contributed by atoms with Crippen LogP contribution in [0.3, 0.4) is 0 Å². The second-order valence-electron chi connectivity index (χ2n) is 7.79. The number of nitrogen functional groups attached to an aromatic ring is 1. The van der Waals surface area contributed by atoms with Gasteiger partial charge in [0, 0.05) is 17.7 Å². The molecule has 0 saturated heterocycles. The molecule has 3 aromatic rings. The molecule has 1 aromatic carbocycles. The van der Waals surface area contributed by atoms with Gasteiger partial charge in [0.15, 0.2) is 11.2 Å². The van der Waals surface area contributed by atoms with E-state index in [4.69, 9.17) is 10.8 Å². The van der Waals surface area contributed by atoms with Crippen molar-refractivity contribution < 1.29 is 34.1 Å². The Hall–Kier alpha value is -4.92. The van der Waals surface area contributed by atoms with Crippen LogP contribution in [0.2, 0.25) is 0 Å². The minimum atomic E-state index is -1.50. The quantitative estimate of drug-likeness (QED) is 0.146. The molecule has 0 saturated carbocycles. The standard InChI is InChI=1S/C22H23N7O8/c1-10(30)21(36)37-15(31)7-6-14(20(34)35)27-18(32)11-2-4-12(5-3-11)24-8-13-9-25-17-16(26-13)19(33)29-22(23)28-17/h2-5,9-10,14,24,30H,6-8H2,1H3,(H,27,32)(H,34,35)(H3,23,25,28,29,33)/t10?,14-/m0/s1. The number of ether oxygens (including phenoxy) is 1. The number of nitrogens with one attached hydrogen (secondary N) is 3. The van der Waals surface area contributed by atoms with Crippen LogP contribution in [0, 0.1) is 0 Å². The highest BCUT2D eigenvalue weighted by atomic mass is 16.6. The number of aromatic nitrogens is 4. The summed E-state index contributed by atoms with van der Waals surface area (Å²) in [5, 5.41) is 23.7. The van der Waals surface area contributed by atoms with Crippen molar-refractivity contribution in [2.75, 3.05) is 11.1 Å². The number of hydrogen-bond donors (Lipinski definition) is 6. The molecule has 0 radical (unpaired) electrons. The summed E-state index contributed by atoms with van der Waals surface area (Å²) in [7, 11) is 0. The molecule has 3 rings (SSSR count). The molecule has 2 heterocycles. The lowest BCUT2D eigenvalue weighted by Gasteiger charge is -2.14. The van der Waals surface area contributed by atoms with E-state index >= 15 is 0 Å². The second kappa shape index (κ2) is 11.7. The Labute approximate surface area is 208 Å². The monoisotopic (exact) mass is 513 g/mol. The van der Waals surface area contributed by atoms with E-state index in [1.165, 1.54) is 18.3 Å². The molecule has 0 aliphatic rings. The lowest BCUT2D eigenvalue weighted by Crippen LogP contribution is -2.41. The molecule has 1 unspecified atom stereocenters. The fourth-order valence-electron chi connectivity index (χ4n) is 3.00. The largest absolute Gasteiger partial charge is 0.480 e. The Balaban J connectivity index is 1.56. The number of hydrogen-bond acceptors (Lipinski definition) is 12. The fraction of sp³-hybridized carbons (Fsp3) is 0.273. The Morgan fingerprint density at radius 3 is 2.51 bits per heavy atom. The van der Waals surface area contributed by atoms with Crippen LogP contribution in [-0.4, -0.2) is 66.1 Å². The van der Waals surface area contributed by atoms with E-state index in [-0.39, 0.29) is 35.6 Å². The molecule has 7 N–H and O–H groups in total. The molecule has 0 aliphatic carbocycles. The van der Waals surface area contributed by atoms with Gasteiger partial charge in [-0.15, -0.1) is 0 Å². The molecule has 2 atom stereocenters. The zero-order valence-electron chi connectivity index (χ0n) is 19.4. The number of carboxylic acids is 1. The first-order valence-electron chi connectivity index (χ1n) is 10.8. The minimum Gasteiger partial charge on any atom is -0.480 e. The highest BCUT2D eigenvalue weighted by Gasteiger charge is 2.23. The van der Waals surface area contributed by atoms with Crippen molar-refractivity contribution in [2.45, 2.75) is 38.5 Å². The predicted molar refractivity (Wildman–Crippen MR) is 127 cm³/mol. The number of fused-ring (bicyclic) bond motifs is 1. The molecule has 1 amide bonds. The molecule has 37 heavy (non-hydrogen) atoms. The number of carbonyl (C=O) groups excluding carboxylic acids is 3.